The van der Waals surface area contributed by atoms with Crippen molar-refractivity contribution in [2.75, 3.05) is 7.11 Å². The van der Waals surface area contributed by atoms with Gasteiger partial charge in [-0.2, -0.15) is 0 Å². The minimum Gasteiger partial charge on any atom is -0.493 e. The first-order valence-electron chi connectivity index (χ1n) is 9.77. The highest BCUT2D eigenvalue weighted by atomic mass is 35.5. The Morgan fingerprint density at radius 2 is 1.72 bits per heavy atom. The predicted octanol–water partition coefficient (Wildman–Crippen LogP) is 6.80. The number of aryl methyl sites for hydroxylation is 1. The number of para-hydroxylation sites is 1. The highest BCUT2D eigenvalue weighted by Gasteiger charge is 2.16. The summed E-state index contributed by atoms with van der Waals surface area (Å²) in [5, 5.41) is 11.4. The molecule has 1 aromatic heterocycles. The molecule has 4 rings (SSSR count). The molecule has 0 aliphatic rings. The molecule has 0 amide bonds. The van der Waals surface area contributed by atoms with Crippen LogP contribution in [0, 0.1) is 6.92 Å². The molecule has 0 bridgehead atoms. The second-order valence-corrected chi connectivity index (χ2v) is 8.00. The first kappa shape index (κ1) is 21.9. The van der Waals surface area contributed by atoms with Crippen LogP contribution in [0.1, 0.15) is 21.5 Å². The van der Waals surface area contributed by atoms with E-state index in [2.05, 4.69) is 0 Å². The molecular formula is C25H19Cl2NO4. The van der Waals surface area contributed by atoms with E-state index in [1.807, 2.05) is 25.1 Å². The van der Waals surface area contributed by atoms with Gasteiger partial charge < -0.3 is 14.6 Å². The molecule has 0 radical (unpaired) electrons. The van der Waals surface area contributed by atoms with Gasteiger partial charge in [0.25, 0.3) is 0 Å². The number of pyridine rings is 1. The van der Waals surface area contributed by atoms with Gasteiger partial charge in [-0.3, -0.25) is 0 Å². The summed E-state index contributed by atoms with van der Waals surface area (Å²) >= 11 is 12.4. The first-order valence-corrected chi connectivity index (χ1v) is 10.5. The van der Waals surface area contributed by atoms with E-state index in [9.17, 15) is 9.90 Å². The topological polar surface area (TPSA) is 68.7 Å². The average Bonchev–Trinajstić information content (AvgIpc) is 2.78. The lowest BCUT2D eigenvalue weighted by atomic mass is 10.0. The molecule has 1 N–H and O–H groups in total. The maximum Gasteiger partial charge on any atom is 0.336 e. The van der Waals surface area contributed by atoms with Crippen molar-refractivity contribution in [3.63, 3.8) is 0 Å². The Kier molecular flexibility index (Phi) is 6.21. The van der Waals surface area contributed by atoms with Crippen molar-refractivity contribution in [2.45, 2.75) is 13.5 Å². The zero-order valence-corrected chi connectivity index (χ0v) is 18.9. The van der Waals surface area contributed by atoms with E-state index in [0.717, 1.165) is 5.56 Å². The molecule has 32 heavy (non-hydrogen) atoms. The zero-order chi connectivity index (χ0) is 22.8. The van der Waals surface area contributed by atoms with E-state index >= 15 is 0 Å². The fourth-order valence-electron chi connectivity index (χ4n) is 3.48. The number of benzene rings is 3. The van der Waals surface area contributed by atoms with Gasteiger partial charge in [0, 0.05) is 26.6 Å². The Bertz CT molecular complexity index is 1320. The highest BCUT2D eigenvalue weighted by Crippen LogP contribution is 2.35. The summed E-state index contributed by atoms with van der Waals surface area (Å²) < 4.78 is 11.4. The van der Waals surface area contributed by atoms with Crippen molar-refractivity contribution in [1.29, 1.82) is 0 Å². The number of carbonyl (C=O) groups is 1. The SMILES string of the molecule is COc1cc(-c2cc(C(=O)O)c3cccc(C)c3n2)ccc1OCc1c(Cl)cccc1Cl. The summed E-state index contributed by atoms with van der Waals surface area (Å²) in [5.74, 6) is -0.0234. The fraction of sp³-hybridized carbons (Fsp3) is 0.120. The molecule has 1 heterocycles. The Labute approximate surface area is 195 Å². The summed E-state index contributed by atoms with van der Waals surface area (Å²) in [6.07, 6.45) is 0. The number of methoxy groups -OCH3 is 1. The summed E-state index contributed by atoms with van der Waals surface area (Å²) in [4.78, 5) is 16.6. The number of rotatable bonds is 6. The van der Waals surface area contributed by atoms with Crippen LogP contribution in [0.15, 0.2) is 60.7 Å². The van der Waals surface area contributed by atoms with Gasteiger partial charge in [-0.1, -0.05) is 47.5 Å². The highest BCUT2D eigenvalue weighted by molar-refractivity contribution is 6.35. The summed E-state index contributed by atoms with van der Waals surface area (Å²) in [6.45, 7) is 2.08. The molecule has 0 saturated carbocycles. The molecule has 0 fully saturated rings. The first-order chi connectivity index (χ1) is 15.4. The van der Waals surface area contributed by atoms with Crippen molar-refractivity contribution < 1.29 is 19.4 Å². The molecule has 162 valence electrons. The summed E-state index contributed by atoms with van der Waals surface area (Å²) in [7, 11) is 1.54. The van der Waals surface area contributed by atoms with Crippen molar-refractivity contribution >= 4 is 40.1 Å². The number of carboxylic acid groups (broad SMARTS) is 1. The lowest BCUT2D eigenvalue weighted by molar-refractivity contribution is 0.0699. The average molecular weight is 468 g/mol. The largest absolute Gasteiger partial charge is 0.493 e. The van der Waals surface area contributed by atoms with Crippen LogP contribution in [0.3, 0.4) is 0 Å². The fourth-order valence-corrected chi connectivity index (χ4v) is 3.99. The van der Waals surface area contributed by atoms with Gasteiger partial charge in [-0.05, 0) is 48.9 Å². The van der Waals surface area contributed by atoms with Gasteiger partial charge in [0.1, 0.15) is 6.61 Å². The molecule has 0 atom stereocenters. The second kappa shape index (κ2) is 9.07. The van der Waals surface area contributed by atoms with E-state index in [4.69, 9.17) is 37.7 Å². The third-order valence-corrected chi connectivity index (χ3v) is 5.87. The van der Waals surface area contributed by atoms with Crippen LogP contribution in [-0.4, -0.2) is 23.2 Å². The molecule has 4 aromatic rings. The number of aromatic nitrogens is 1. The number of hydrogen-bond acceptors (Lipinski definition) is 4. The normalized spacial score (nSPS) is 10.9. The van der Waals surface area contributed by atoms with Crippen LogP contribution < -0.4 is 9.47 Å². The van der Waals surface area contributed by atoms with Crippen LogP contribution in [-0.2, 0) is 6.61 Å². The number of carboxylic acids is 1. The van der Waals surface area contributed by atoms with Crippen LogP contribution in [0.2, 0.25) is 10.0 Å². The van der Waals surface area contributed by atoms with Crippen molar-refractivity contribution in [3.05, 3.63) is 87.4 Å². The van der Waals surface area contributed by atoms with Gasteiger partial charge in [0.2, 0.25) is 0 Å². The number of fused-ring (bicyclic) bond motifs is 1. The molecule has 0 saturated heterocycles. The molecule has 3 aromatic carbocycles. The third-order valence-electron chi connectivity index (χ3n) is 5.16. The summed E-state index contributed by atoms with van der Waals surface area (Å²) in [6, 6.07) is 17.7. The minimum absolute atomic E-state index is 0.171. The number of aromatic carboxylic acids is 1. The third kappa shape index (κ3) is 4.22. The van der Waals surface area contributed by atoms with Crippen LogP contribution in [0.25, 0.3) is 22.2 Å². The van der Waals surface area contributed by atoms with Crippen molar-refractivity contribution in [3.8, 4) is 22.8 Å². The second-order valence-electron chi connectivity index (χ2n) is 7.19. The lowest BCUT2D eigenvalue weighted by Gasteiger charge is -2.14. The molecule has 0 aliphatic carbocycles. The maximum absolute atomic E-state index is 11.9. The van der Waals surface area contributed by atoms with Crippen molar-refractivity contribution in [2.24, 2.45) is 0 Å². The minimum atomic E-state index is -1.01. The van der Waals surface area contributed by atoms with E-state index in [0.29, 0.717) is 49.3 Å². The molecular weight excluding hydrogens is 449 g/mol. The lowest BCUT2D eigenvalue weighted by Crippen LogP contribution is -2.02. The van der Waals surface area contributed by atoms with E-state index < -0.39 is 5.97 Å². The van der Waals surface area contributed by atoms with Crippen LogP contribution in [0.5, 0.6) is 11.5 Å². The van der Waals surface area contributed by atoms with Gasteiger partial charge >= 0.3 is 5.97 Å². The van der Waals surface area contributed by atoms with E-state index in [-0.39, 0.29) is 12.2 Å². The number of nitrogens with zero attached hydrogens (tertiary/aromatic N) is 1. The quantitative estimate of drug-likeness (QED) is 0.337. The maximum atomic E-state index is 11.9. The standard InChI is InChI=1S/C25H19Cl2NO4/c1-14-5-3-6-16-17(25(29)30)12-21(28-24(14)16)15-9-10-22(23(11-15)31-2)32-13-18-19(26)7-4-8-20(18)27/h3-12H,13H2,1-2H3,(H,29,30). The zero-order valence-electron chi connectivity index (χ0n) is 17.4. The predicted molar refractivity (Wildman–Crippen MR) is 126 cm³/mol. The molecule has 0 aliphatic heterocycles. The smallest absolute Gasteiger partial charge is 0.336 e. The van der Waals surface area contributed by atoms with Crippen molar-refractivity contribution in [1.82, 2.24) is 4.98 Å². The monoisotopic (exact) mass is 467 g/mol. The molecule has 0 unspecified atom stereocenters. The Balaban J connectivity index is 1.72. The Hall–Kier alpha value is -3.28. The van der Waals surface area contributed by atoms with Crippen LogP contribution in [0.4, 0.5) is 0 Å². The van der Waals surface area contributed by atoms with Gasteiger partial charge in [-0.15, -0.1) is 0 Å². The summed E-state index contributed by atoms with van der Waals surface area (Å²) in [5.41, 5.74) is 3.66. The number of ether oxygens (including phenoxy) is 2. The van der Waals surface area contributed by atoms with Gasteiger partial charge in [0.05, 0.1) is 23.9 Å². The van der Waals surface area contributed by atoms with E-state index in [1.165, 1.54) is 7.11 Å². The Morgan fingerprint density at radius 1 is 1.00 bits per heavy atom. The van der Waals surface area contributed by atoms with Gasteiger partial charge in [-0.25, -0.2) is 9.78 Å². The molecule has 7 heteroatoms. The molecule has 0 spiro atoms. The van der Waals surface area contributed by atoms with Crippen LogP contribution >= 0.6 is 23.2 Å². The van der Waals surface area contributed by atoms with E-state index in [1.54, 1.807) is 42.5 Å². The molecule has 5 nitrogen and oxygen atoms in total. The Morgan fingerprint density at radius 3 is 2.41 bits per heavy atom. The number of hydrogen-bond donors (Lipinski definition) is 1. The van der Waals surface area contributed by atoms with Gasteiger partial charge in [0.15, 0.2) is 11.5 Å². The number of halogens is 2.